The molecule has 1 unspecified atom stereocenters. The number of nitrogens with one attached hydrogen (secondary N) is 2. The number of nitrogens with two attached hydrogens (primary N) is 1. The average molecular weight is 551 g/mol. The maximum absolute atomic E-state index is 12.6. The fourth-order valence-electron chi connectivity index (χ4n) is 6.37. The lowest BCUT2D eigenvalue weighted by atomic mass is 9.92. The number of piperidine rings is 1. The number of aromatic nitrogens is 4. The first-order valence-electron chi connectivity index (χ1n) is 14.8. The third-order valence-corrected chi connectivity index (χ3v) is 10.1. The van der Waals surface area contributed by atoms with Gasteiger partial charge < -0.3 is 25.8 Å². The van der Waals surface area contributed by atoms with Gasteiger partial charge in [0.15, 0.2) is 17.0 Å². The number of anilines is 2. The maximum atomic E-state index is 12.6. The summed E-state index contributed by atoms with van der Waals surface area (Å²) in [5.41, 5.74) is 7.97. The third-order valence-electron chi connectivity index (χ3n) is 8.77. The number of nitrogens with zero attached hydrogens (tertiary/aromatic N) is 5. The summed E-state index contributed by atoms with van der Waals surface area (Å²) in [5, 5.41) is 7.38. The lowest BCUT2D eigenvalue weighted by Gasteiger charge is -2.32. The number of hydrogen-bond donors (Lipinski definition) is 3. The molecule has 9 nitrogen and oxygen atoms in total. The van der Waals surface area contributed by atoms with E-state index in [0.717, 1.165) is 80.0 Å². The Balaban J connectivity index is 1.12. The van der Waals surface area contributed by atoms with Crippen LogP contribution in [0.3, 0.4) is 0 Å². The van der Waals surface area contributed by atoms with Crippen molar-refractivity contribution in [2.75, 3.05) is 36.0 Å². The van der Waals surface area contributed by atoms with E-state index in [4.69, 9.17) is 20.7 Å². The van der Waals surface area contributed by atoms with E-state index in [9.17, 15) is 4.21 Å². The molecule has 1 aliphatic heterocycles. The number of likely N-dealkylation sites (tertiary alicyclic amines) is 1. The molecule has 1 atom stereocenters. The van der Waals surface area contributed by atoms with Gasteiger partial charge in [-0.2, -0.15) is 9.97 Å². The third kappa shape index (κ3) is 6.44. The molecule has 10 heteroatoms. The van der Waals surface area contributed by atoms with E-state index in [-0.39, 0.29) is 0 Å². The predicted octanol–water partition coefficient (Wildman–Crippen LogP) is 4.31. The van der Waals surface area contributed by atoms with Crippen LogP contribution in [-0.4, -0.2) is 72.1 Å². The molecule has 39 heavy (non-hydrogen) atoms. The van der Waals surface area contributed by atoms with Gasteiger partial charge in [0.1, 0.15) is 0 Å². The molecule has 2 saturated carbocycles. The van der Waals surface area contributed by atoms with E-state index in [1.54, 1.807) is 0 Å². The summed E-state index contributed by atoms with van der Waals surface area (Å²) in [6.45, 7) is 2.83. The second kappa shape index (κ2) is 12.3. The van der Waals surface area contributed by atoms with E-state index >= 15 is 0 Å². The molecular weight excluding hydrogens is 508 g/mol. The van der Waals surface area contributed by atoms with Crippen LogP contribution in [0.25, 0.3) is 11.2 Å². The average Bonchev–Trinajstić information content (AvgIpc) is 3.65. The summed E-state index contributed by atoms with van der Waals surface area (Å²) < 4.78 is 14.9. The number of benzene rings is 1. The van der Waals surface area contributed by atoms with Crippen molar-refractivity contribution in [2.24, 2.45) is 5.73 Å². The fraction of sp³-hybridized carbons (Fsp3) is 0.621. The molecule has 0 bridgehead atoms. The fourth-order valence-corrected chi connectivity index (χ4v) is 7.49. The summed E-state index contributed by atoms with van der Waals surface area (Å²) in [4.78, 5) is 18.1. The van der Waals surface area contributed by atoms with Gasteiger partial charge in [-0.15, -0.1) is 0 Å². The van der Waals surface area contributed by atoms with Crippen LogP contribution in [0.15, 0.2) is 41.6 Å². The van der Waals surface area contributed by atoms with Gasteiger partial charge in [0.2, 0.25) is 5.95 Å². The topological polar surface area (TPSA) is 114 Å². The van der Waals surface area contributed by atoms with Gasteiger partial charge in [-0.3, -0.25) is 4.21 Å². The van der Waals surface area contributed by atoms with Crippen molar-refractivity contribution in [1.29, 1.82) is 0 Å². The number of imidazole rings is 1. The summed E-state index contributed by atoms with van der Waals surface area (Å²) in [6, 6.07) is 11.3. The van der Waals surface area contributed by atoms with Crippen molar-refractivity contribution in [3.63, 3.8) is 0 Å². The standard InChI is InChI=1S/C29H42N8OS/c30-21-10-12-22(13-11-21)32-27-26-28(37(20-31-26)24-6-4-5-7-24)35-29(34-27)33-23-14-16-36(17-15-23)18-19-39(38)25-8-2-1-3-9-25/h1-3,8-9,20-24H,4-7,10-19,30H2,(H2,32,33,34,35). The molecule has 2 aromatic heterocycles. The van der Waals surface area contributed by atoms with Gasteiger partial charge in [-0.25, -0.2) is 4.98 Å². The van der Waals surface area contributed by atoms with Crippen LogP contribution in [0.2, 0.25) is 0 Å². The second-order valence-electron chi connectivity index (χ2n) is 11.5. The monoisotopic (exact) mass is 550 g/mol. The molecule has 4 N–H and O–H groups in total. The molecule has 3 aliphatic rings. The Bertz CT molecular complexity index is 1240. The highest BCUT2D eigenvalue weighted by molar-refractivity contribution is 7.85. The Kier molecular flexibility index (Phi) is 8.41. The van der Waals surface area contributed by atoms with Crippen molar-refractivity contribution in [3.05, 3.63) is 36.7 Å². The van der Waals surface area contributed by atoms with Crippen LogP contribution in [0.5, 0.6) is 0 Å². The van der Waals surface area contributed by atoms with Gasteiger partial charge in [-0.05, 0) is 63.5 Å². The van der Waals surface area contributed by atoms with Crippen molar-refractivity contribution >= 4 is 33.7 Å². The van der Waals surface area contributed by atoms with E-state index in [1.807, 2.05) is 36.7 Å². The number of fused-ring (bicyclic) bond motifs is 1. The zero-order valence-corrected chi connectivity index (χ0v) is 23.6. The van der Waals surface area contributed by atoms with Gasteiger partial charge in [-0.1, -0.05) is 31.0 Å². The maximum Gasteiger partial charge on any atom is 0.227 e. The van der Waals surface area contributed by atoms with Gasteiger partial charge in [0, 0.05) is 54.4 Å². The first-order chi connectivity index (χ1) is 19.1. The minimum atomic E-state index is -0.946. The van der Waals surface area contributed by atoms with Gasteiger partial charge >= 0.3 is 0 Å². The summed E-state index contributed by atoms with van der Waals surface area (Å²) in [5.74, 6) is 2.22. The first-order valence-corrected chi connectivity index (χ1v) is 16.1. The zero-order chi connectivity index (χ0) is 26.6. The highest BCUT2D eigenvalue weighted by atomic mass is 32.2. The number of hydrogen-bond acceptors (Lipinski definition) is 8. The molecule has 0 spiro atoms. The summed E-state index contributed by atoms with van der Waals surface area (Å²) in [6.07, 6.45) is 13.1. The second-order valence-corrected chi connectivity index (χ2v) is 13.1. The summed E-state index contributed by atoms with van der Waals surface area (Å²) in [7, 11) is -0.946. The predicted molar refractivity (Wildman–Crippen MR) is 157 cm³/mol. The van der Waals surface area contributed by atoms with Gasteiger partial charge in [0.25, 0.3) is 0 Å². The van der Waals surface area contributed by atoms with E-state index in [2.05, 4.69) is 20.1 Å². The van der Waals surface area contributed by atoms with Crippen LogP contribution in [0.1, 0.15) is 70.3 Å². The highest BCUT2D eigenvalue weighted by Gasteiger charge is 2.26. The SMILES string of the molecule is NC1CCC(Nc2nc(NC3CCN(CCS(=O)c4ccccc4)CC3)nc3c2ncn3C2CCCC2)CC1. The molecule has 0 amide bonds. The summed E-state index contributed by atoms with van der Waals surface area (Å²) >= 11 is 0. The Morgan fingerprint density at radius 1 is 0.897 bits per heavy atom. The van der Waals surface area contributed by atoms with Crippen molar-refractivity contribution in [1.82, 2.24) is 24.4 Å². The molecular formula is C29H42N8OS. The highest BCUT2D eigenvalue weighted by Crippen LogP contribution is 2.34. The lowest BCUT2D eigenvalue weighted by molar-refractivity contribution is 0.230. The van der Waals surface area contributed by atoms with Crippen LogP contribution < -0.4 is 16.4 Å². The molecule has 0 radical (unpaired) electrons. The number of rotatable bonds is 9. The van der Waals surface area contributed by atoms with Crippen LogP contribution >= 0.6 is 0 Å². The van der Waals surface area contributed by atoms with E-state index in [1.165, 1.54) is 25.7 Å². The largest absolute Gasteiger partial charge is 0.365 e. The Hall–Kier alpha value is -2.56. The molecule has 1 aromatic carbocycles. The smallest absolute Gasteiger partial charge is 0.227 e. The molecule has 1 saturated heterocycles. The van der Waals surface area contributed by atoms with Crippen LogP contribution in [-0.2, 0) is 10.8 Å². The van der Waals surface area contributed by atoms with Crippen LogP contribution in [0, 0.1) is 0 Å². The molecule has 3 aromatic rings. The van der Waals surface area contributed by atoms with E-state index < -0.39 is 10.8 Å². The molecule has 210 valence electrons. The van der Waals surface area contributed by atoms with Crippen LogP contribution in [0.4, 0.5) is 11.8 Å². The Morgan fingerprint density at radius 2 is 1.62 bits per heavy atom. The van der Waals surface area contributed by atoms with Crippen molar-refractivity contribution in [2.45, 2.75) is 93.3 Å². The van der Waals surface area contributed by atoms with Gasteiger partial charge in [0.05, 0.1) is 17.1 Å². The van der Waals surface area contributed by atoms with Crippen molar-refractivity contribution < 1.29 is 4.21 Å². The molecule has 6 rings (SSSR count). The first kappa shape index (κ1) is 26.7. The Labute approximate surface area is 233 Å². The Morgan fingerprint density at radius 3 is 2.36 bits per heavy atom. The normalized spacial score (nSPS) is 24.2. The minimum absolute atomic E-state index is 0.316. The quantitative estimate of drug-likeness (QED) is 0.361. The molecule has 3 fully saturated rings. The van der Waals surface area contributed by atoms with E-state index in [0.29, 0.717) is 35.9 Å². The lowest BCUT2D eigenvalue weighted by Crippen LogP contribution is -2.41. The van der Waals surface area contributed by atoms with Crippen molar-refractivity contribution in [3.8, 4) is 0 Å². The zero-order valence-electron chi connectivity index (χ0n) is 22.8. The minimum Gasteiger partial charge on any atom is -0.365 e. The molecule has 3 heterocycles. The molecule has 2 aliphatic carbocycles.